The first-order chi connectivity index (χ1) is 10.6. The molecule has 0 atom stereocenters. The van der Waals surface area contributed by atoms with Gasteiger partial charge in [0.15, 0.2) is 5.11 Å². The van der Waals surface area contributed by atoms with Crippen molar-refractivity contribution in [2.45, 2.75) is 20.3 Å². The lowest BCUT2D eigenvalue weighted by Gasteiger charge is -2.26. The average Bonchev–Trinajstić information content (AvgIpc) is 2.53. The van der Waals surface area contributed by atoms with Gasteiger partial charge in [-0.2, -0.15) is 0 Å². The van der Waals surface area contributed by atoms with E-state index in [1.165, 1.54) is 11.1 Å². The molecule has 1 aliphatic heterocycles. The highest BCUT2D eigenvalue weighted by Gasteiger charge is 2.09. The maximum absolute atomic E-state index is 5.34. The molecule has 0 aliphatic carbocycles. The number of ether oxygens (including phenoxy) is 1. The smallest absolute Gasteiger partial charge is 0.185 e. The fourth-order valence-electron chi connectivity index (χ4n) is 2.37. The first-order valence-corrected chi connectivity index (χ1v) is 8.23. The zero-order chi connectivity index (χ0) is 15.8. The molecule has 3 N–H and O–H groups in total. The van der Waals surface area contributed by atoms with Gasteiger partial charge in [0.1, 0.15) is 0 Å². The Morgan fingerprint density at radius 1 is 1.27 bits per heavy atom. The molecule has 1 aromatic rings. The summed E-state index contributed by atoms with van der Waals surface area (Å²) in [4.78, 5) is 2.43. The lowest BCUT2D eigenvalue weighted by molar-refractivity contribution is 0.0376. The second-order valence-electron chi connectivity index (χ2n) is 5.63. The van der Waals surface area contributed by atoms with Gasteiger partial charge in [-0.15, -0.1) is 0 Å². The minimum Gasteiger partial charge on any atom is -0.379 e. The molecule has 122 valence electrons. The quantitative estimate of drug-likeness (QED) is 0.422. The minimum absolute atomic E-state index is 0.628. The third-order valence-corrected chi connectivity index (χ3v) is 3.99. The van der Waals surface area contributed by atoms with Crippen LogP contribution in [0.4, 0.5) is 5.69 Å². The molecule has 1 fully saturated rings. The number of rotatable bonds is 6. The SMILES string of the molecule is Cc1ccc(C)c(NNC(=S)NCCCN2CCOCC2)c1. The molecule has 2 rings (SSSR count). The Balaban J connectivity index is 1.60. The van der Waals surface area contributed by atoms with E-state index in [0.717, 1.165) is 51.5 Å². The van der Waals surface area contributed by atoms with Crippen molar-refractivity contribution in [2.24, 2.45) is 0 Å². The monoisotopic (exact) mass is 322 g/mol. The van der Waals surface area contributed by atoms with Crippen molar-refractivity contribution >= 4 is 23.0 Å². The van der Waals surface area contributed by atoms with Crippen LogP contribution in [0, 0.1) is 13.8 Å². The van der Waals surface area contributed by atoms with E-state index < -0.39 is 0 Å². The minimum atomic E-state index is 0.628. The molecule has 1 aliphatic rings. The zero-order valence-corrected chi connectivity index (χ0v) is 14.3. The molecule has 22 heavy (non-hydrogen) atoms. The number of nitrogens with zero attached hydrogens (tertiary/aromatic N) is 1. The number of hydrogen-bond acceptors (Lipinski definition) is 4. The predicted molar refractivity (Wildman–Crippen MR) is 95.2 cm³/mol. The first-order valence-electron chi connectivity index (χ1n) is 7.82. The number of hydrogen-bond donors (Lipinski definition) is 3. The van der Waals surface area contributed by atoms with Crippen molar-refractivity contribution < 1.29 is 4.74 Å². The number of thiocarbonyl (C=S) groups is 1. The Morgan fingerprint density at radius 3 is 2.82 bits per heavy atom. The van der Waals surface area contributed by atoms with Crippen LogP contribution in [0.15, 0.2) is 18.2 Å². The van der Waals surface area contributed by atoms with Crippen LogP contribution in [0.2, 0.25) is 0 Å². The van der Waals surface area contributed by atoms with Crippen LogP contribution in [0.1, 0.15) is 17.5 Å². The molecule has 0 bridgehead atoms. The first kappa shape index (κ1) is 17.0. The second-order valence-corrected chi connectivity index (χ2v) is 6.04. The van der Waals surface area contributed by atoms with Gasteiger partial charge >= 0.3 is 0 Å². The molecule has 1 aromatic carbocycles. The molecule has 0 spiro atoms. The highest BCUT2D eigenvalue weighted by Crippen LogP contribution is 2.14. The van der Waals surface area contributed by atoms with Crippen molar-refractivity contribution in [2.75, 3.05) is 44.8 Å². The molecule has 1 saturated heterocycles. The number of anilines is 1. The standard InChI is InChI=1S/C16H26N4OS/c1-13-4-5-14(2)15(12-13)18-19-16(22)17-6-3-7-20-8-10-21-11-9-20/h4-5,12,18H,3,6-11H2,1-2H3,(H2,17,19,22). The number of benzene rings is 1. The summed E-state index contributed by atoms with van der Waals surface area (Å²) in [6.07, 6.45) is 1.07. The Labute approximate surface area is 138 Å². The number of morpholine rings is 1. The van der Waals surface area contributed by atoms with Crippen molar-refractivity contribution in [3.05, 3.63) is 29.3 Å². The van der Waals surface area contributed by atoms with E-state index in [-0.39, 0.29) is 0 Å². The van der Waals surface area contributed by atoms with Gasteiger partial charge in [0.2, 0.25) is 0 Å². The topological polar surface area (TPSA) is 48.6 Å². The van der Waals surface area contributed by atoms with Gasteiger partial charge in [-0.3, -0.25) is 15.8 Å². The largest absolute Gasteiger partial charge is 0.379 e. The molecule has 0 saturated carbocycles. The van der Waals surface area contributed by atoms with E-state index in [1.54, 1.807) is 0 Å². The van der Waals surface area contributed by atoms with Crippen molar-refractivity contribution in [1.82, 2.24) is 15.6 Å². The predicted octanol–water partition coefficient (Wildman–Crippen LogP) is 1.82. The number of nitrogens with one attached hydrogen (secondary N) is 3. The van der Waals surface area contributed by atoms with Gasteiger partial charge in [0.05, 0.1) is 18.9 Å². The summed E-state index contributed by atoms with van der Waals surface area (Å²) in [5, 5.41) is 3.85. The molecule has 1 heterocycles. The van der Waals surface area contributed by atoms with Crippen LogP contribution < -0.4 is 16.2 Å². The van der Waals surface area contributed by atoms with Crippen LogP contribution in [0.25, 0.3) is 0 Å². The van der Waals surface area contributed by atoms with E-state index in [0.29, 0.717) is 5.11 Å². The second kappa shape index (κ2) is 8.92. The normalized spacial score (nSPS) is 15.4. The van der Waals surface area contributed by atoms with Gasteiger partial charge < -0.3 is 10.1 Å². The highest BCUT2D eigenvalue weighted by molar-refractivity contribution is 7.80. The molecule has 0 unspecified atom stereocenters. The summed E-state index contributed by atoms with van der Waals surface area (Å²) >= 11 is 5.28. The van der Waals surface area contributed by atoms with Crippen LogP contribution >= 0.6 is 12.2 Å². The Hall–Kier alpha value is -1.37. The van der Waals surface area contributed by atoms with Crippen LogP contribution in [0.3, 0.4) is 0 Å². The van der Waals surface area contributed by atoms with Crippen molar-refractivity contribution in [1.29, 1.82) is 0 Å². The van der Waals surface area contributed by atoms with E-state index in [4.69, 9.17) is 17.0 Å². The van der Waals surface area contributed by atoms with E-state index in [9.17, 15) is 0 Å². The van der Waals surface area contributed by atoms with Gasteiger partial charge in [-0.1, -0.05) is 12.1 Å². The Kier molecular flexibility index (Phi) is 6.89. The number of hydrazine groups is 1. The van der Waals surface area contributed by atoms with Crippen molar-refractivity contribution in [3.63, 3.8) is 0 Å². The Bertz CT molecular complexity index is 489. The molecule has 0 aromatic heterocycles. The third-order valence-electron chi connectivity index (χ3n) is 3.74. The summed E-state index contributed by atoms with van der Waals surface area (Å²) in [6, 6.07) is 6.30. The molecule has 5 nitrogen and oxygen atoms in total. The van der Waals surface area contributed by atoms with Crippen LogP contribution in [-0.4, -0.2) is 49.4 Å². The Morgan fingerprint density at radius 2 is 2.05 bits per heavy atom. The van der Waals surface area contributed by atoms with Crippen LogP contribution in [0.5, 0.6) is 0 Å². The molecule has 0 amide bonds. The van der Waals surface area contributed by atoms with Crippen LogP contribution in [-0.2, 0) is 4.74 Å². The van der Waals surface area contributed by atoms with E-state index in [1.807, 2.05) is 0 Å². The van der Waals surface area contributed by atoms with Gasteiger partial charge in [-0.05, 0) is 56.2 Å². The molecular formula is C16H26N4OS. The van der Waals surface area contributed by atoms with Gasteiger partial charge in [0, 0.05) is 19.6 Å². The fraction of sp³-hybridized carbons (Fsp3) is 0.562. The summed E-state index contributed by atoms with van der Waals surface area (Å²) < 4.78 is 5.34. The maximum atomic E-state index is 5.34. The van der Waals surface area contributed by atoms with Crippen molar-refractivity contribution in [3.8, 4) is 0 Å². The highest BCUT2D eigenvalue weighted by atomic mass is 32.1. The van der Waals surface area contributed by atoms with E-state index >= 15 is 0 Å². The lowest BCUT2D eigenvalue weighted by atomic mass is 10.1. The third kappa shape index (κ3) is 5.79. The maximum Gasteiger partial charge on any atom is 0.185 e. The summed E-state index contributed by atoms with van der Waals surface area (Å²) in [5.74, 6) is 0. The molecular weight excluding hydrogens is 296 g/mol. The van der Waals surface area contributed by atoms with E-state index in [2.05, 4.69) is 53.1 Å². The van der Waals surface area contributed by atoms with Gasteiger partial charge in [0.25, 0.3) is 0 Å². The summed E-state index contributed by atoms with van der Waals surface area (Å²) in [5.41, 5.74) is 9.67. The average molecular weight is 322 g/mol. The lowest BCUT2D eigenvalue weighted by Crippen LogP contribution is -2.41. The number of aryl methyl sites for hydroxylation is 2. The molecule has 0 radical (unpaired) electrons. The molecule has 6 heteroatoms. The fourth-order valence-corrected chi connectivity index (χ4v) is 2.52. The van der Waals surface area contributed by atoms with Gasteiger partial charge in [-0.25, -0.2) is 0 Å². The summed E-state index contributed by atoms with van der Waals surface area (Å²) in [6.45, 7) is 9.89. The summed E-state index contributed by atoms with van der Waals surface area (Å²) in [7, 11) is 0. The zero-order valence-electron chi connectivity index (χ0n) is 13.4.